The predicted octanol–water partition coefficient (Wildman–Crippen LogP) is 2.87. The molecular formula is C22H23FN4O3. The lowest BCUT2D eigenvalue weighted by Crippen LogP contribution is -2.31. The minimum atomic E-state index is -0.626. The first-order valence-electron chi connectivity index (χ1n) is 9.94. The van der Waals surface area contributed by atoms with Crippen LogP contribution in [0, 0.1) is 12.7 Å². The number of nitrogens with one attached hydrogen (secondary N) is 3. The van der Waals surface area contributed by atoms with Crippen molar-refractivity contribution in [3.8, 4) is 11.3 Å². The van der Waals surface area contributed by atoms with Gasteiger partial charge in [-0.1, -0.05) is 0 Å². The molecule has 0 aliphatic carbocycles. The number of hydrogen-bond donors (Lipinski definition) is 3. The maximum atomic E-state index is 13.2. The number of carbonyl (C=O) groups is 1. The van der Waals surface area contributed by atoms with Gasteiger partial charge >= 0.3 is 5.63 Å². The van der Waals surface area contributed by atoms with Gasteiger partial charge in [0.25, 0.3) is 5.91 Å². The van der Waals surface area contributed by atoms with Gasteiger partial charge in [-0.3, -0.25) is 9.89 Å². The lowest BCUT2D eigenvalue weighted by Gasteiger charge is -2.22. The van der Waals surface area contributed by atoms with Gasteiger partial charge in [0.15, 0.2) is 0 Å². The van der Waals surface area contributed by atoms with E-state index in [1.54, 1.807) is 31.3 Å². The SMILES string of the molecule is Cc1cc(C2CCCNC2)oc(=O)c1C(=O)NCc1cn[nH]c1-c1ccc(F)cc1. The van der Waals surface area contributed by atoms with Crippen LogP contribution in [0.3, 0.4) is 0 Å². The second-order valence-corrected chi connectivity index (χ2v) is 7.50. The van der Waals surface area contributed by atoms with Gasteiger partial charge in [-0.25, -0.2) is 9.18 Å². The topological polar surface area (TPSA) is 100 Å². The molecule has 1 aromatic carbocycles. The number of piperidine rings is 1. The highest BCUT2D eigenvalue weighted by Crippen LogP contribution is 2.24. The van der Waals surface area contributed by atoms with E-state index in [1.165, 1.54) is 12.1 Å². The van der Waals surface area contributed by atoms with Crippen molar-refractivity contribution in [1.29, 1.82) is 0 Å². The highest BCUT2D eigenvalue weighted by molar-refractivity contribution is 5.95. The third-order valence-corrected chi connectivity index (χ3v) is 5.38. The van der Waals surface area contributed by atoms with Crippen molar-refractivity contribution >= 4 is 5.91 Å². The van der Waals surface area contributed by atoms with Crippen LogP contribution in [0.4, 0.5) is 4.39 Å². The Labute approximate surface area is 172 Å². The molecule has 7 nitrogen and oxygen atoms in total. The standard InChI is InChI=1S/C22H23FN4O3/c1-13-9-18(15-3-2-8-24-10-15)30-22(29)19(13)21(28)25-11-16-12-26-27-20(16)14-4-6-17(23)7-5-14/h4-7,9,12,15,24H,2-3,8,10-11H2,1H3,(H,25,28)(H,26,27). The third kappa shape index (κ3) is 4.18. The molecule has 30 heavy (non-hydrogen) atoms. The molecule has 1 aliphatic heterocycles. The minimum Gasteiger partial charge on any atom is -0.427 e. The molecule has 1 unspecified atom stereocenters. The van der Waals surface area contributed by atoms with E-state index in [0.717, 1.165) is 37.1 Å². The Bertz CT molecular complexity index is 1100. The summed E-state index contributed by atoms with van der Waals surface area (Å²) in [6.07, 6.45) is 3.57. The number of benzene rings is 1. The summed E-state index contributed by atoms with van der Waals surface area (Å²) in [4.78, 5) is 25.2. The van der Waals surface area contributed by atoms with Crippen molar-refractivity contribution in [3.63, 3.8) is 0 Å². The average Bonchev–Trinajstić information content (AvgIpc) is 3.21. The van der Waals surface area contributed by atoms with Crippen molar-refractivity contribution in [2.24, 2.45) is 0 Å². The molecule has 156 valence electrons. The van der Waals surface area contributed by atoms with Crippen LogP contribution in [0.25, 0.3) is 11.3 Å². The molecule has 0 spiro atoms. The van der Waals surface area contributed by atoms with Crippen LogP contribution in [0.1, 0.15) is 46.0 Å². The molecule has 1 aliphatic rings. The summed E-state index contributed by atoms with van der Waals surface area (Å²) in [5.41, 5.74) is 2.13. The quantitative estimate of drug-likeness (QED) is 0.601. The number of aromatic amines is 1. The second-order valence-electron chi connectivity index (χ2n) is 7.50. The van der Waals surface area contributed by atoms with Gasteiger partial charge in [-0.15, -0.1) is 0 Å². The predicted molar refractivity (Wildman–Crippen MR) is 110 cm³/mol. The van der Waals surface area contributed by atoms with Gasteiger partial charge < -0.3 is 15.1 Å². The maximum absolute atomic E-state index is 13.2. The van der Waals surface area contributed by atoms with E-state index in [-0.39, 0.29) is 23.8 Å². The van der Waals surface area contributed by atoms with E-state index >= 15 is 0 Å². The zero-order valence-corrected chi connectivity index (χ0v) is 16.6. The first-order valence-corrected chi connectivity index (χ1v) is 9.94. The molecule has 0 saturated carbocycles. The Hall–Kier alpha value is -3.26. The van der Waals surface area contributed by atoms with Crippen molar-refractivity contribution < 1.29 is 13.6 Å². The number of aromatic nitrogens is 2. The number of nitrogens with zero attached hydrogens (tertiary/aromatic N) is 1. The molecule has 1 amide bonds. The second kappa shape index (κ2) is 8.62. The molecule has 0 radical (unpaired) electrons. The van der Waals surface area contributed by atoms with Crippen LogP contribution >= 0.6 is 0 Å². The number of hydrogen-bond acceptors (Lipinski definition) is 5. The van der Waals surface area contributed by atoms with E-state index < -0.39 is 11.5 Å². The molecule has 3 aromatic rings. The van der Waals surface area contributed by atoms with Crippen LogP contribution in [-0.2, 0) is 6.54 Å². The third-order valence-electron chi connectivity index (χ3n) is 5.38. The van der Waals surface area contributed by atoms with E-state index in [0.29, 0.717) is 17.0 Å². The monoisotopic (exact) mass is 410 g/mol. The maximum Gasteiger partial charge on any atom is 0.349 e. The molecule has 3 N–H and O–H groups in total. The van der Waals surface area contributed by atoms with E-state index in [9.17, 15) is 14.0 Å². The first-order chi connectivity index (χ1) is 14.5. The highest BCUT2D eigenvalue weighted by atomic mass is 19.1. The summed E-state index contributed by atoms with van der Waals surface area (Å²) in [6, 6.07) is 7.76. The lowest BCUT2D eigenvalue weighted by molar-refractivity contribution is 0.0945. The van der Waals surface area contributed by atoms with Crippen LogP contribution < -0.4 is 16.3 Å². The zero-order valence-electron chi connectivity index (χ0n) is 16.6. The molecule has 2 aromatic heterocycles. The molecule has 1 fully saturated rings. The van der Waals surface area contributed by atoms with Gasteiger partial charge in [0.1, 0.15) is 17.1 Å². The van der Waals surface area contributed by atoms with Crippen molar-refractivity contribution in [2.45, 2.75) is 32.2 Å². The van der Waals surface area contributed by atoms with Crippen LogP contribution in [-0.4, -0.2) is 29.2 Å². The summed E-state index contributed by atoms with van der Waals surface area (Å²) in [5, 5.41) is 12.9. The van der Waals surface area contributed by atoms with Crippen LogP contribution in [0.15, 0.2) is 45.7 Å². The number of halogens is 1. The summed E-state index contributed by atoms with van der Waals surface area (Å²) in [7, 11) is 0. The molecule has 1 saturated heterocycles. The van der Waals surface area contributed by atoms with Crippen molar-refractivity contribution in [1.82, 2.24) is 20.8 Å². The van der Waals surface area contributed by atoms with Crippen LogP contribution in [0.2, 0.25) is 0 Å². The molecule has 8 heteroatoms. The summed E-state index contributed by atoms with van der Waals surface area (Å²) in [6.45, 7) is 3.64. The molecule has 0 bridgehead atoms. The zero-order chi connectivity index (χ0) is 21.1. The van der Waals surface area contributed by atoms with E-state index in [2.05, 4.69) is 20.8 Å². The molecule has 1 atom stereocenters. The Morgan fingerprint density at radius 2 is 2.13 bits per heavy atom. The lowest BCUT2D eigenvalue weighted by atomic mass is 9.95. The summed E-state index contributed by atoms with van der Waals surface area (Å²) in [5.74, 6) is -0.0651. The largest absolute Gasteiger partial charge is 0.427 e. The normalized spacial score (nSPS) is 16.4. The summed E-state index contributed by atoms with van der Waals surface area (Å²) < 4.78 is 18.6. The number of rotatable bonds is 5. The van der Waals surface area contributed by atoms with Crippen LogP contribution in [0.5, 0.6) is 0 Å². The molecule has 4 rings (SSSR count). The Balaban J connectivity index is 1.49. The van der Waals surface area contributed by atoms with Gasteiger partial charge in [0.05, 0.1) is 11.9 Å². The first kappa shape index (κ1) is 20.0. The fourth-order valence-corrected chi connectivity index (χ4v) is 3.78. The Morgan fingerprint density at radius 1 is 1.33 bits per heavy atom. The number of aryl methyl sites for hydroxylation is 1. The van der Waals surface area contributed by atoms with Gasteiger partial charge in [0, 0.05) is 30.1 Å². The highest BCUT2D eigenvalue weighted by Gasteiger charge is 2.22. The summed E-state index contributed by atoms with van der Waals surface area (Å²) >= 11 is 0. The fraction of sp³-hybridized carbons (Fsp3) is 0.318. The molecule has 3 heterocycles. The Morgan fingerprint density at radius 3 is 2.83 bits per heavy atom. The smallest absolute Gasteiger partial charge is 0.349 e. The minimum absolute atomic E-state index is 0.00865. The van der Waals surface area contributed by atoms with Gasteiger partial charge in [-0.2, -0.15) is 5.10 Å². The molecular weight excluding hydrogens is 387 g/mol. The number of carbonyl (C=O) groups excluding carboxylic acids is 1. The van der Waals surface area contributed by atoms with Gasteiger partial charge in [0.2, 0.25) is 0 Å². The number of amides is 1. The van der Waals surface area contributed by atoms with Crippen molar-refractivity contribution in [2.75, 3.05) is 13.1 Å². The average molecular weight is 410 g/mol. The Kier molecular flexibility index (Phi) is 5.76. The van der Waals surface area contributed by atoms with E-state index in [1.807, 2.05) is 0 Å². The van der Waals surface area contributed by atoms with Crippen molar-refractivity contribution in [3.05, 3.63) is 75.2 Å². The fourth-order valence-electron chi connectivity index (χ4n) is 3.78. The number of H-pyrrole nitrogens is 1. The van der Waals surface area contributed by atoms with Gasteiger partial charge in [-0.05, 0) is 62.2 Å². The van der Waals surface area contributed by atoms with E-state index in [4.69, 9.17) is 4.42 Å².